The van der Waals surface area contributed by atoms with Crippen LogP contribution in [0.1, 0.15) is 29.8 Å². The number of nitrogens with zero attached hydrogens (tertiary/aromatic N) is 1. The van der Waals surface area contributed by atoms with Crippen molar-refractivity contribution in [2.45, 2.75) is 19.9 Å². The minimum Gasteiger partial charge on any atom is -0.306 e. The Morgan fingerprint density at radius 2 is 2.11 bits per heavy atom. The Kier molecular flexibility index (Phi) is 4.87. The molecular weight excluding hydrogens is 354 g/mol. The molecule has 2 rings (SSSR count). The van der Waals surface area contributed by atoms with Crippen LogP contribution in [-0.2, 0) is 0 Å². The monoisotopic (exact) mass is 370 g/mol. The fraction of sp³-hybridized carbons (Fsp3) is 0.267. The van der Waals surface area contributed by atoms with Crippen LogP contribution < -0.4 is 5.32 Å². The highest BCUT2D eigenvalue weighted by Crippen LogP contribution is 2.26. The predicted molar refractivity (Wildman–Crippen MR) is 83.6 cm³/mol. The minimum absolute atomic E-state index is 0.0469. The molecule has 0 amide bonds. The first-order valence-electron chi connectivity index (χ1n) is 6.22. The van der Waals surface area contributed by atoms with Crippen LogP contribution in [0.15, 0.2) is 36.5 Å². The lowest BCUT2D eigenvalue weighted by Gasteiger charge is -2.20. The second-order valence-corrected chi connectivity index (χ2v) is 5.55. The van der Waals surface area contributed by atoms with Crippen LogP contribution in [0.2, 0.25) is 0 Å². The molecule has 0 saturated carbocycles. The van der Waals surface area contributed by atoms with Gasteiger partial charge >= 0.3 is 0 Å². The summed E-state index contributed by atoms with van der Waals surface area (Å²) in [7, 11) is 0. The van der Waals surface area contributed by atoms with Crippen LogP contribution >= 0.6 is 22.6 Å². The van der Waals surface area contributed by atoms with Crippen molar-refractivity contribution < 1.29 is 4.39 Å². The Labute approximate surface area is 126 Å². The zero-order chi connectivity index (χ0) is 13.8. The van der Waals surface area contributed by atoms with Gasteiger partial charge in [-0.2, -0.15) is 0 Å². The number of rotatable bonds is 4. The fourth-order valence-corrected chi connectivity index (χ4v) is 2.79. The first kappa shape index (κ1) is 14.4. The van der Waals surface area contributed by atoms with Crippen molar-refractivity contribution in [3.05, 3.63) is 62.7 Å². The largest absolute Gasteiger partial charge is 0.306 e. The highest BCUT2D eigenvalue weighted by Gasteiger charge is 2.16. The van der Waals surface area contributed by atoms with E-state index in [1.807, 2.05) is 25.3 Å². The minimum atomic E-state index is -0.203. The van der Waals surface area contributed by atoms with Gasteiger partial charge in [0, 0.05) is 15.5 Å². The van der Waals surface area contributed by atoms with Crippen LogP contribution in [-0.4, -0.2) is 11.5 Å². The van der Waals surface area contributed by atoms with Gasteiger partial charge in [-0.25, -0.2) is 4.39 Å². The lowest BCUT2D eigenvalue weighted by molar-refractivity contribution is 0.609. The average Bonchev–Trinajstić information content (AvgIpc) is 2.38. The number of hydrogen-bond donors (Lipinski definition) is 1. The van der Waals surface area contributed by atoms with E-state index in [2.05, 4.69) is 45.9 Å². The summed E-state index contributed by atoms with van der Waals surface area (Å²) >= 11 is 2.17. The second kappa shape index (κ2) is 6.43. The number of halogens is 2. The standard InChI is InChI=1S/C15H16FIN2/c1-3-18-15(11-5-4-10(2)19-9-11)13-7-6-12(16)8-14(13)17/h4-9,15,18H,3H2,1-2H3. The molecule has 0 bridgehead atoms. The predicted octanol–water partition coefficient (Wildman–Crippen LogP) is 3.83. The van der Waals surface area contributed by atoms with Crippen molar-refractivity contribution in [3.8, 4) is 0 Å². The highest BCUT2D eigenvalue weighted by atomic mass is 127. The number of pyridine rings is 1. The maximum absolute atomic E-state index is 13.2. The molecule has 1 aromatic carbocycles. The van der Waals surface area contributed by atoms with Crippen LogP contribution in [0.3, 0.4) is 0 Å². The molecule has 0 saturated heterocycles. The van der Waals surface area contributed by atoms with Crippen molar-refractivity contribution in [2.75, 3.05) is 6.54 Å². The van der Waals surface area contributed by atoms with Crippen molar-refractivity contribution in [3.63, 3.8) is 0 Å². The third-order valence-electron chi connectivity index (χ3n) is 2.95. The third-order valence-corrected chi connectivity index (χ3v) is 3.88. The molecule has 1 heterocycles. The molecule has 2 aromatic rings. The van der Waals surface area contributed by atoms with Crippen molar-refractivity contribution in [2.24, 2.45) is 0 Å². The van der Waals surface area contributed by atoms with Gasteiger partial charge in [0.25, 0.3) is 0 Å². The third kappa shape index (κ3) is 3.51. The van der Waals surface area contributed by atoms with E-state index in [1.165, 1.54) is 6.07 Å². The molecule has 1 unspecified atom stereocenters. The molecule has 1 N–H and O–H groups in total. The van der Waals surface area contributed by atoms with E-state index in [4.69, 9.17) is 0 Å². The number of aryl methyl sites for hydroxylation is 1. The molecule has 2 nitrogen and oxygen atoms in total. The maximum Gasteiger partial charge on any atom is 0.124 e. The van der Waals surface area contributed by atoms with Gasteiger partial charge in [-0.05, 0) is 65.4 Å². The Morgan fingerprint density at radius 1 is 1.32 bits per heavy atom. The second-order valence-electron chi connectivity index (χ2n) is 4.39. The molecule has 0 radical (unpaired) electrons. The van der Waals surface area contributed by atoms with Gasteiger partial charge in [-0.3, -0.25) is 4.98 Å². The zero-order valence-corrected chi connectivity index (χ0v) is 13.1. The molecule has 0 fully saturated rings. The SMILES string of the molecule is CCNC(c1ccc(C)nc1)c1ccc(F)cc1I. The Bertz CT molecular complexity index is 555. The van der Waals surface area contributed by atoms with Gasteiger partial charge in [-0.15, -0.1) is 0 Å². The maximum atomic E-state index is 13.2. The molecular formula is C15H16FIN2. The number of nitrogens with one attached hydrogen (secondary N) is 1. The Morgan fingerprint density at radius 3 is 2.68 bits per heavy atom. The lowest BCUT2D eigenvalue weighted by atomic mass is 10.00. The summed E-state index contributed by atoms with van der Waals surface area (Å²) < 4.78 is 14.1. The van der Waals surface area contributed by atoms with E-state index in [0.717, 1.165) is 26.9 Å². The van der Waals surface area contributed by atoms with Gasteiger partial charge in [0.2, 0.25) is 0 Å². The van der Waals surface area contributed by atoms with Crippen molar-refractivity contribution in [1.29, 1.82) is 0 Å². The van der Waals surface area contributed by atoms with Gasteiger partial charge in [0.15, 0.2) is 0 Å². The van der Waals surface area contributed by atoms with Crippen LogP contribution in [0, 0.1) is 16.3 Å². The summed E-state index contributed by atoms with van der Waals surface area (Å²) in [6, 6.07) is 9.01. The van der Waals surface area contributed by atoms with E-state index in [0.29, 0.717) is 0 Å². The van der Waals surface area contributed by atoms with Crippen molar-refractivity contribution >= 4 is 22.6 Å². The first-order chi connectivity index (χ1) is 9.11. The Hall–Kier alpha value is -1.01. The van der Waals surface area contributed by atoms with E-state index < -0.39 is 0 Å². The molecule has 0 spiro atoms. The van der Waals surface area contributed by atoms with E-state index >= 15 is 0 Å². The molecule has 0 aliphatic rings. The molecule has 1 aromatic heterocycles. The van der Waals surface area contributed by atoms with Crippen LogP contribution in [0.4, 0.5) is 4.39 Å². The van der Waals surface area contributed by atoms with Crippen LogP contribution in [0.5, 0.6) is 0 Å². The summed E-state index contributed by atoms with van der Waals surface area (Å²) in [6.45, 7) is 4.87. The molecule has 0 aliphatic heterocycles. The number of benzene rings is 1. The van der Waals surface area contributed by atoms with E-state index in [9.17, 15) is 4.39 Å². The summed E-state index contributed by atoms with van der Waals surface area (Å²) in [5.74, 6) is -0.203. The molecule has 1 atom stereocenters. The van der Waals surface area contributed by atoms with Crippen LogP contribution in [0.25, 0.3) is 0 Å². The van der Waals surface area contributed by atoms with E-state index in [-0.39, 0.29) is 11.9 Å². The van der Waals surface area contributed by atoms with Gasteiger partial charge in [0.05, 0.1) is 6.04 Å². The molecule has 0 aliphatic carbocycles. The average molecular weight is 370 g/mol. The number of aromatic nitrogens is 1. The highest BCUT2D eigenvalue weighted by molar-refractivity contribution is 14.1. The summed E-state index contributed by atoms with van der Waals surface area (Å²) in [5.41, 5.74) is 3.17. The molecule has 4 heteroatoms. The lowest BCUT2D eigenvalue weighted by Crippen LogP contribution is -2.23. The zero-order valence-electron chi connectivity index (χ0n) is 11.0. The quantitative estimate of drug-likeness (QED) is 0.828. The summed E-state index contributed by atoms with van der Waals surface area (Å²) in [5, 5.41) is 3.43. The topological polar surface area (TPSA) is 24.9 Å². The van der Waals surface area contributed by atoms with Gasteiger partial charge in [0.1, 0.15) is 5.82 Å². The fourth-order valence-electron chi connectivity index (χ4n) is 2.00. The summed E-state index contributed by atoms with van der Waals surface area (Å²) in [6.07, 6.45) is 1.88. The molecule has 19 heavy (non-hydrogen) atoms. The number of hydrogen-bond acceptors (Lipinski definition) is 2. The smallest absolute Gasteiger partial charge is 0.124 e. The normalized spacial score (nSPS) is 12.4. The first-order valence-corrected chi connectivity index (χ1v) is 7.30. The Balaban J connectivity index is 2.41. The van der Waals surface area contributed by atoms with E-state index in [1.54, 1.807) is 6.07 Å². The molecule has 100 valence electrons. The summed E-state index contributed by atoms with van der Waals surface area (Å²) in [4.78, 5) is 4.34. The van der Waals surface area contributed by atoms with Crippen molar-refractivity contribution in [1.82, 2.24) is 10.3 Å². The van der Waals surface area contributed by atoms with Gasteiger partial charge in [-0.1, -0.05) is 19.1 Å². The van der Waals surface area contributed by atoms with Gasteiger partial charge < -0.3 is 5.32 Å².